The Balaban J connectivity index is 2.09. The first-order chi connectivity index (χ1) is 13.0. The average molecular weight is 363 g/mol. The van der Waals surface area contributed by atoms with Crippen LogP contribution in [0.3, 0.4) is 0 Å². The zero-order valence-electron chi connectivity index (χ0n) is 14.5. The van der Waals surface area contributed by atoms with E-state index in [1.807, 2.05) is 0 Å². The Kier molecular flexibility index (Phi) is 5.14. The summed E-state index contributed by atoms with van der Waals surface area (Å²) in [5, 5.41) is 39.5. The van der Waals surface area contributed by atoms with Gasteiger partial charge in [0, 0.05) is 17.3 Å². The van der Waals surface area contributed by atoms with Crippen LogP contribution in [0.15, 0.2) is 54.7 Å². The molecular weight excluding hydrogens is 346 g/mol. The number of aliphatic hydroxyl groups excluding tert-OH is 1. The number of methoxy groups -OCH3 is 1. The molecule has 3 N–H and O–H groups in total. The fourth-order valence-electron chi connectivity index (χ4n) is 2.62. The third-order valence-corrected chi connectivity index (χ3v) is 4.09. The van der Waals surface area contributed by atoms with Crippen LogP contribution in [0, 0.1) is 11.3 Å². The molecule has 3 rings (SSSR count). The first-order valence-corrected chi connectivity index (χ1v) is 8.06. The number of hydrogen-bond acceptors (Lipinski definition) is 7. The average Bonchev–Trinajstić information content (AvgIpc) is 2.73. The predicted molar refractivity (Wildman–Crippen MR) is 96.3 cm³/mol. The Morgan fingerprint density at radius 2 is 1.96 bits per heavy atom. The SMILES string of the molecule is COc1ccc(C(O)(O)c2ccc(CO)nc2)nc1-c1cccc(C#N)c1. The molecule has 2 aromatic heterocycles. The number of benzene rings is 1. The monoisotopic (exact) mass is 363 g/mol. The summed E-state index contributed by atoms with van der Waals surface area (Å²) >= 11 is 0. The van der Waals surface area contributed by atoms with E-state index in [4.69, 9.17) is 15.1 Å². The van der Waals surface area contributed by atoms with Crippen LogP contribution in [0.1, 0.15) is 22.5 Å². The lowest BCUT2D eigenvalue weighted by molar-refractivity contribution is -0.135. The molecule has 0 amide bonds. The Morgan fingerprint density at radius 1 is 1.15 bits per heavy atom. The molecule has 27 heavy (non-hydrogen) atoms. The first-order valence-electron chi connectivity index (χ1n) is 8.06. The molecule has 0 spiro atoms. The molecule has 7 nitrogen and oxygen atoms in total. The molecule has 136 valence electrons. The molecule has 0 unspecified atom stereocenters. The lowest BCUT2D eigenvalue weighted by atomic mass is 10.0. The number of nitriles is 1. The van der Waals surface area contributed by atoms with Crippen LogP contribution >= 0.6 is 0 Å². The second-order valence-electron chi connectivity index (χ2n) is 5.81. The summed E-state index contributed by atoms with van der Waals surface area (Å²) in [6.45, 7) is -0.246. The molecule has 0 fully saturated rings. The third-order valence-electron chi connectivity index (χ3n) is 4.09. The van der Waals surface area contributed by atoms with Crippen molar-refractivity contribution in [1.29, 1.82) is 5.26 Å². The molecule has 0 saturated heterocycles. The summed E-state index contributed by atoms with van der Waals surface area (Å²) in [4.78, 5) is 8.34. The minimum atomic E-state index is -2.39. The van der Waals surface area contributed by atoms with Crippen molar-refractivity contribution in [3.63, 3.8) is 0 Å². The Labute approximate surface area is 155 Å². The number of nitrogens with zero attached hydrogens (tertiary/aromatic N) is 3. The Morgan fingerprint density at radius 3 is 2.59 bits per heavy atom. The van der Waals surface area contributed by atoms with E-state index >= 15 is 0 Å². The Hall–Kier alpha value is -3.31. The van der Waals surface area contributed by atoms with E-state index in [1.165, 1.54) is 31.5 Å². The minimum Gasteiger partial charge on any atom is -0.494 e. The number of aromatic nitrogens is 2. The van der Waals surface area contributed by atoms with Gasteiger partial charge in [-0.3, -0.25) is 4.98 Å². The number of rotatable bonds is 5. The van der Waals surface area contributed by atoms with Crippen molar-refractivity contribution in [2.45, 2.75) is 12.4 Å². The summed E-state index contributed by atoms with van der Waals surface area (Å²) in [6, 6.07) is 14.8. The molecule has 0 bridgehead atoms. The van der Waals surface area contributed by atoms with Crippen LogP contribution in [0.2, 0.25) is 0 Å². The van der Waals surface area contributed by atoms with E-state index < -0.39 is 5.79 Å². The van der Waals surface area contributed by atoms with Crippen LogP contribution < -0.4 is 4.74 Å². The maximum atomic E-state index is 10.7. The van der Waals surface area contributed by atoms with Crippen molar-refractivity contribution >= 4 is 0 Å². The third kappa shape index (κ3) is 3.64. The van der Waals surface area contributed by atoms with Gasteiger partial charge in [-0.15, -0.1) is 0 Å². The van der Waals surface area contributed by atoms with Gasteiger partial charge in [0.05, 0.1) is 31.0 Å². The van der Waals surface area contributed by atoms with E-state index in [0.29, 0.717) is 28.3 Å². The van der Waals surface area contributed by atoms with Crippen LogP contribution in [0.5, 0.6) is 5.75 Å². The van der Waals surface area contributed by atoms with Crippen LogP contribution in [0.25, 0.3) is 11.3 Å². The molecule has 0 saturated carbocycles. The van der Waals surface area contributed by atoms with Crippen molar-refractivity contribution in [2.75, 3.05) is 7.11 Å². The lowest BCUT2D eigenvalue weighted by Gasteiger charge is -2.22. The van der Waals surface area contributed by atoms with Gasteiger partial charge in [-0.05, 0) is 36.4 Å². The van der Waals surface area contributed by atoms with Gasteiger partial charge in [-0.1, -0.05) is 12.1 Å². The van der Waals surface area contributed by atoms with Gasteiger partial charge in [-0.2, -0.15) is 5.26 Å². The highest BCUT2D eigenvalue weighted by molar-refractivity contribution is 5.68. The number of aliphatic hydroxyl groups is 3. The first kappa shape index (κ1) is 18.5. The largest absolute Gasteiger partial charge is 0.494 e. The Bertz CT molecular complexity index is 995. The van der Waals surface area contributed by atoms with Gasteiger partial charge in [0.25, 0.3) is 0 Å². The summed E-state index contributed by atoms with van der Waals surface area (Å²) < 4.78 is 5.33. The molecule has 0 aliphatic heterocycles. The molecule has 3 aromatic rings. The zero-order valence-corrected chi connectivity index (χ0v) is 14.5. The lowest BCUT2D eigenvalue weighted by Crippen LogP contribution is -2.28. The summed E-state index contributed by atoms with van der Waals surface area (Å²) in [5.41, 5.74) is 1.92. The summed E-state index contributed by atoms with van der Waals surface area (Å²) in [5.74, 6) is -1.96. The fourth-order valence-corrected chi connectivity index (χ4v) is 2.62. The number of pyridine rings is 2. The van der Waals surface area contributed by atoms with Gasteiger partial charge in [0.15, 0.2) is 0 Å². The molecule has 0 aliphatic rings. The summed E-state index contributed by atoms with van der Waals surface area (Å²) in [7, 11) is 1.48. The zero-order chi connectivity index (χ0) is 19.4. The minimum absolute atomic E-state index is 0.0285. The second-order valence-corrected chi connectivity index (χ2v) is 5.81. The highest BCUT2D eigenvalue weighted by Gasteiger charge is 2.31. The standard InChI is InChI=1S/C20H17N3O4/c1-27-17-7-8-18(20(25,26)15-5-6-16(12-24)22-11-15)23-19(17)14-4-2-3-13(9-14)10-21/h2-9,11,24-26H,12H2,1H3. The van der Waals surface area contributed by atoms with Crippen molar-refractivity contribution in [1.82, 2.24) is 9.97 Å². The van der Waals surface area contributed by atoms with E-state index in [0.717, 1.165) is 0 Å². The topological polar surface area (TPSA) is 119 Å². The van der Waals surface area contributed by atoms with Gasteiger partial charge in [-0.25, -0.2) is 4.98 Å². The smallest absolute Gasteiger partial charge is 0.236 e. The highest BCUT2D eigenvalue weighted by Crippen LogP contribution is 2.33. The van der Waals surface area contributed by atoms with Crippen LogP contribution in [-0.4, -0.2) is 32.4 Å². The molecule has 0 atom stereocenters. The van der Waals surface area contributed by atoms with Crippen molar-refractivity contribution in [2.24, 2.45) is 0 Å². The molecular formula is C20H17N3O4. The van der Waals surface area contributed by atoms with Crippen molar-refractivity contribution in [3.05, 3.63) is 77.2 Å². The molecule has 2 heterocycles. The molecule has 0 aliphatic carbocycles. The van der Waals surface area contributed by atoms with Crippen LogP contribution in [-0.2, 0) is 12.4 Å². The maximum absolute atomic E-state index is 10.7. The van der Waals surface area contributed by atoms with E-state index in [2.05, 4.69) is 16.0 Å². The maximum Gasteiger partial charge on any atom is 0.236 e. The van der Waals surface area contributed by atoms with Crippen molar-refractivity contribution < 1.29 is 20.1 Å². The second kappa shape index (κ2) is 7.51. The predicted octanol–water partition coefficient (Wildman–Crippen LogP) is 1.70. The number of ether oxygens (including phenoxy) is 1. The molecule has 1 aromatic carbocycles. The normalized spacial score (nSPS) is 11.1. The van der Waals surface area contributed by atoms with Gasteiger partial charge in [0.1, 0.15) is 17.1 Å². The highest BCUT2D eigenvalue weighted by atomic mass is 16.5. The summed E-state index contributed by atoms with van der Waals surface area (Å²) in [6.07, 6.45) is 1.27. The van der Waals surface area contributed by atoms with Gasteiger partial charge >= 0.3 is 0 Å². The fraction of sp³-hybridized carbons (Fsp3) is 0.150. The van der Waals surface area contributed by atoms with E-state index in [-0.39, 0.29) is 17.9 Å². The molecule has 7 heteroatoms. The number of hydrogen-bond donors (Lipinski definition) is 3. The van der Waals surface area contributed by atoms with Crippen molar-refractivity contribution in [3.8, 4) is 23.1 Å². The van der Waals surface area contributed by atoms with Gasteiger partial charge in [0.2, 0.25) is 5.79 Å². The van der Waals surface area contributed by atoms with E-state index in [1.54, 1.807) is 30.3 Å². The quantitative estimate of drug-likeness (QED) is 0.590. The van der Waals surface area contributed by atoms with Crippen LogP contribution in [0.4, 0.5) is 0 Å². The molecule has 0 radical (unpaired) electrons. The van der Waals surface area contributed by atoms with Gasteiger partial charge < -0.3 is 20.1 Å². The van der Waals surface area contributed by atoms with E-state index in [9.17, 15) is 10.2 Å².